The van der Waals surface area contributed by atoms with Gasteiger partial charge < -0.3 is 4.74 Å². The molecule has 0 aliphatic heterocycles. The van der Waals surface area contributed by atoms with Crippen LogP contribution in [0.1, 0.15) is 29.6 Å². The first-order valence-corrected chi connectivity index (χ1v) is 4.89. The predicted octanol–water partition coefficient (Wildman–Crippen LogP) is 2.68. The van der Waals surface area contributed by atoms with E-state index in [9.17, 15) is 4.79 Å². The molecule has 1 rings (SSSR count). The van der Waals surface area contributed by atoms with Crippen molar-refractivity contribution in [2.24, 2.45) is 0 Å². The number of ether oxygens (including phenoxy) is 1. The van der Waals surface area contributed by atoms with Crippen LogP contribution in [0, 0.1) is 12.3 Å². The number of carbonyl (C=O) groups excluding carboxylic acids is 1. The molecule has 1 aromatic carbocycles. The lowest BCUT2D eigenvalue weighted by Crippen LogP contribution is -2.01. The second kappa shape index (κ2) is 5.87. The van der Waals surface area contributed by atoms with Gasteiger partial charge in [-0.25, -0.2) is 0 Å². The lowest BCUT2D eigenvalue weighted by atomic mass is 10.0. The summed E-state index contributed by atoms with van der Waals surface area (Å²) in [6, 6.07) is 7.24. The van der Waals surface area contributed by atoms with Crippen LogP contribution < -0.4 is 4.74 Å². The Morgan fingerprint density at radius 3 is 2.87 bits per heavy atom. The van der Waals surface area contributed by atoms with Crippen LogP contribution in [0.2, 0.25) is 0 Å². The zero-order chi connectivity index (χ0) is 11.1. The van der Waals surface area contributed by atoms with E-state index in [1.165, 1.54) is 0 Å². The molecule has 0 aliphatic rings. The highest BCUT2D eigenvalue weighted by atomic mass is 16.5. The molecule has 0 amide bonds. The molecule has 2 heteroatoms. The van der Waals surface area contributed by atoms with Crippen LogP contribution in [0.5, 0.6) is 5.75 Å². The Labute approximate surface area is 90.3 Å². The minimum absolute atomic E-state index is 0.0858. The van der Waals surface area contributed by atoms with Crippen LogP contribution in [-0.4, -0.2) is 12.9 Å². The fraction of sp³-hybridized carbons (Fsp3) is 0.308. The molecule has 2 nitrogen and oxygen atoms in total. The van der Waals surface area contributed by atoms with Gasteiger partial charge in [-0.2, -0.15) is 0 Å². The molecule has 0 saturated carbocycles. The normalized spacial score (nSPS) is 9.33. The van der Waals surface area contributed by atoms with Gasteiger partial charge in [0.1, 0.15) is 5.75 Å². The van der Waals surface area contributed by atoms with E-state index in [1.54, 1.807) is 19.2 Å². The van der Waals surface area contributed by atoms with Crippen molar-refractivity contribution >= 4 is 5.78 Å². The molecule has 78 valence electrons. The fourth-order valence-corrected chi connectivity index (χ4v) is 1.36. The fourth-order valence-electron chi connectivity index (χ4n) is 1.36. The molecule has 0 fully saturated rings. The second-order valence-corrected chi connectivity index (χ2v) is 3.18. The van der Waals surface area contributed by atoms with Crippen molar-refractivity contribution in [1.29, 1.82) is 0 Å². The summed E-state index contributed by atoms with van der Waals surface area (Å²) in [6.45, 7) is 0. The van der Waals surface area contributed by atoms with E-state index in [2.05, 4.69) is 5.92 Å². The Kier molecular flexibility index (Phi) is 4.43. The van der Waals surface area contributed by atoms with E-state index in [-0.39, 0.29) is 5.78 Å². The van der Waals surface area contributed by atoms with Gasteiger partial charge in [0.2, 0.25) is 0 Å². The van der Waals surface area contributed by atoms with Gasteiger partial charge in [-0.05, 0) is 18.6 Å². The van der Waals surface area contributed by atoms with E-state index >= 15 is 0 Å². The summed E-state index contributed by atoms with van der Waals surface area (Å²) in [6.07, 6.45) is 6.97. The second-order valence-electron chi connectivity index (χ2n) is 3.18. The standard InChI is InChI=1S/C13H14O2/c1-3-4-5-9-12(14)11-8-6-7-10-13(11)15-2/h1,6-8,10H,4-5,9H2,2H3. The van der Waals surface area contributed by atoms with Crippen LogP contribution in [-0.2, 0) is 0 Å². The van der Waals surface area contributed by atoms with Crippen LogP contribution >= 0.6 is 0 Å². The first-order chi connectivity index (χ1) is 7.29. The van der Waals surface area contributed by atoms with Crippen molar-refractivity contribution in [2.45, 2.75) is 19.3 Å². The lowest BCUT2D eigenvalue weighted by molar-refractivity contribution is 0.0977. The number of hydrogen-bond donors (Lipinski definition) is 0. The van der Waals surface area contributed by atoms with Crippen molar-refractivity contribution in [3.63, 3.8) is 0 Å². The van der Waals surface area contributed by atoms with Crippen molar-refractivity contribution in [1.82, 2.24) is 0 Å². The molecular weight excluding hydrogens is 188 g/mol. The summed E-state index contributed by atoms with van der Waals surface area (Å²) in [7, 11) is 1.56. The average Bonchev–Trinajstić information content (AvgIpc) is 2.29. The molecule has 0 aliphatic carbocycles. The Morgan fingerprint density at radius 1 is 1.47 bits per heavy atom. The number of Topliss-reactive ketones (excluding diaryl/α,β-unsaturated/α-hetero) is 1. The molecule has 1 aromatic rings. The third kappa shape index (κ3) is 3.14. The Morgan fingerprint density at radius 2 is 2.20 bits per heavy atom. The summed E-state index contributed by atoms with van der Waals surface area (Å²) in [4.78, 5) is 11.8. The van der Waals surface area contributed by atoms with Gasteiger partial charge in [0.15, 0.2) is 5.78 Å². The molecule has 15 heavy (non-hydrogen) atoms. The zero-order valence-electron chi connectivity index (χ0n) is 8.82. The number of carbonyl (C=O) groups is 1. The molecule has 0 atom stereocenters. The minimum Gasteiger partial charge on any atom is -0.496 e. The predicted molar refractivity (Wildman–Crippen MR) is 60.0 cm³/mol. The van der Waals surface area contributed by atoms with Crippen molar-refractivity contribution in [3.05, 3.63) is 29.8 Å². The highest BCUT2D eigenvalue weighted by molar-refractivity contribution is 5.98. The first-order valence-electron chi connectivity index (χ1n) is 4.89. The maximum absolute atomic E-state index is 11.8. The first kappa shape index (κ1) is 11.3. The van der Waals surface area contributed by atoms with Crippen molar-refractivity contribution < 1.29 is 9.53 Å². The maximum Gasteiger partial charge on any atom is 0.166 e. The third-order valence-electron chi connectivity index (χ3n) is 2.13. The molecule has 0 N–H and O–H groups in total. The smallest absolute Gasteiger partial charge is 0.166 e. The molecule has 0 radical (unpaired) electrons. The SMILES string of the molecule is C#CCCCC(=O)c1ccccc1OC. The molecular formula is C13H14O2. The number of benzene rings is 1. The highest BCUT2D eigenvalue weighted by Crippen LogP contribution is 2.19. The van der Waals surface area contributed by atoms with E-state index in [0.29, 0.717) is 24.2 Å². The maximum atomic E-state index is 11.8. The number of rotatable bonds is 5. The van der Waals surface area contributed by atoms with Gasteiger partial charge in [0, 0.05) is 12.8 Å². The summed E-state index contributed by atoms with van der Waals surface area (Å²) in [5.74, 6) is 3.23. The molecule has 0 spiro atoms. The van der Waals surface area contributed by atoms with Gasteiger partial charge in [-0.1, -0.05) is 12.1 Å². The monoisotopic (exact) mass is 202 g/mol. The van der Waals surface area contributed by atoms with Gasteiger partial charge in [0.05, 0.1) is 12.7 Å². The van der Waals surface area contributed by atoms with E-state index in [0.717, 1.165) is 6.42 Å². The van der Waals surface area contributed by atoms with Crippen LogP contribution in [0.4, 0.5) is 0 Å². The summed E-state index contributed by atoms with van der Waals surface area (Å²) >= 11 is 0. The van der Waals surface area contributed by atoms with E-state index in [1.807, 2.05) is 12.1 Å². The number of terminal acetylenes is 1. The molecule has 0 bridgehead atoms. The van der Waals surface area contributed by atoms with Gasteiger partial charge in [-0.15, -0.1) is 12.3 Å². The number of hydrogen-bond acceptors (Lipinski definition) is 2. The van der Waals surface area contributed by atoms with E-state index < -0.39 is 0 Å². The third-order valence-corrected chi connectivity index (χ3v) is 2.13. The lowest BCUT2D eigenvalue weighted by Gasteiger charge is -2.06. The van der Waals surface area contributed by atoms with Crippen molar-refractivity contribution in [3.8, 4) is 18.1 Å². The molecule has 0 aromatic heterocycles. The van der Waals surface area contributed by atoms with Gasteiger partial charge in [0.25, 0.3) is 0 Å². The van der Waals surface area contributed by atoms with Crippen molar-refractivity contribution in [2.75, 3.05) is 7.11 Å². The number of para-hydroxylation sites is 1. The molecule has 0 saturated heterocycles. The molecule has 0 heterocycles. The average molecular weight is 202 g/mol. The number of ketones is 1. The van der Waals surface area contributed by atoms with Crippen LogP contribution in [0.25, 0.3) is 0 Å². The van der Waals surface area contributed by atoms with Crippen LogP contribution in [0.15, 0.2) is 24.3 Å². The largest absolute Gasteiger partial charge is 0.496 e. The quantitative estimate of drug-likeness (QED) is 0.417. The Bertz CT molecular complexity index is 374. The minimum atomic E-state index is 0.0858. The number of unbranched alkanes of at least 4 members (excludes halogenated alkanes) is 1. The zero-order valence-corrected chi connectivity index (χ0v) is 8.82. The van der Waals surface area contributed by atoms with E-state index in [4.69, 9.17) is 11.2 Å². The highest BCUT2D eigenvalue weighted by Gasteiger charge is 2.10. The topological polar surface area (TPSA) is 26.3 Å². The number of methoxy groups -OCH3 is 1. The van der Waals surface area contributed by atoms with Gasteiger partial charge >= 0.3 is 0 Å². The summed E-state index contributed by atoms with van der Waals surface area (Å²) in [5, 5.41) is 0. The van der Waals surface area contributed by atoms with Gasteiger partial charge in [-0.3, -0.25) is 4.79 Å². The summed E-state index contributed by atoms with van der Waals surface area (Å²) < 4.78 is 5.11. The Hall–Kier alpha value is -1.75. The summed E-state index contributed by atoms with van der Waals surface area (Å²) in [5.41, 5.74) is 0.636. The van der Waals surface area contributed by atoms with Crippen LogP contribution in [0.3, 0.4) is 0 Å². The molecule has 0 unspecified atom stereocenters. The Balaban J connectivity index is 2.69.